The Labute approximate surface area is 47.0 Å². The zero-order chi connectivity index (χ0) is 5.21. The molecule has 0 aliphatic rings. The molecule has 4 heteroatoms. The van der Waals surface area contributed by atoms with Crippen LogP contribution in [0.4, 0.5) is 0 Å². The minimum atomic E-state index is -0.486. The van der Waals surface area contributed by atoms with Crippen LogP contribution >= 0.6 is 23.6 Å². The number of quaternary nitrogens is 1. The normalized spacial score (nSPS) is 12.0. The second-order valence-corrected chi connectivity index (χ2v) is 2.37. The van der Waals surface area contributed by atoms with Gasteiger partial charge in [0.25, 0.3) is 0 Å². The standard InChI is InChI=1S/C2H6Cl2NO/c1-5(3,4)6-2/h1-2H3/q+1. The van der Waals surface area contributed by atoms with Crippen molar-refractivity contribution in [3.63, 3.8) is 0 Å². The summed E-state index contributed by atoms with van der Waals surface area (Å²) in [5.74, 6) is 0. The highest BCUT2D eigenvalue weighted by Crippen LogP contribution is 2.10. The molecule has 0 saturated heterocycles. The predicted molar refractivity (Wildman–Crippen MR) is 24.9 cm³/mol. The molecule has 0 N–H and O–H groups in total. The van der Waals surface area contributed by atoms with E-state index in [2.05, 4.69) is 4.84 Å². The summed E-state index contributed by atoms with van der Waals surface area (Å²) < 4.78 is -0.486. The van der Waals surface area contributed by atoms with Crippen molar-refractivity contribution in [3.8, 4) is 0 Å². The molecule has 0 aliphatic heterocycles. The van der Waals surface area contributed by atoms with Crippen molar-refractivity contribution in [2.24, 2.45) is 0 Å². The molecule has 0 radical (unpaired) electrons. The van der Waals surface area contributed by atoms with E-state index in [0.29, 0.717) is 0 Å². The quantitative estimate of drug-likeness (QED) is 0.385. The van der Waals surface area contributed by atoms with E-state index in [0.717, 1.165) is 0 Å². The number of hydroxylamine groups is 1. The molecule has 0 aromatic carbocycles. The van der Waals surface area contributed by atoms with Gasteiger partial charge in [0.05, 0.1) is 7.11 Å². The molecule has 38 valence electrons. The first-order chi connectivity index (χ1) is 2.56. The van der Waals surface area contributed by atoms with Crippen LogP contribution in [0.15, 0.2) is 0 Å². The molecule has 0 amide bonds. The summed E-state index contributed by atoms with van der Waals surface area (Å²) in [4.78, 5) is 4.41. The lowest BCUT2D eigenvalue weighted by molar-refractivity contribution is -0.895. The molecular weight excluding hydrogens is 125 g/mol. The Kier molecular flexibility index (Phi) is 2.15. The highest BCUT2D eigenvalue weighted by atomic mass is 35.5. The molecule has 0 aliphatic carbocycles. The Balaban J connectivity index is 3.17. The van der Waals surface area contributed by atoms with E-state index in [4.69, 9.17) is 23.6 Å². The Morgan fingerprint density at radius 3 is 1.67 bits per heavy atom. The van der Waals surface area contributed by atoms with Gasteiger partial charge < -0.3 is 0 Å². The molecule has 0 atom stereocenters. The second-order valence-electron chi connectivity index (χ2n) is 0.905. The van der Waals surface area contributed by atoms with Gasteiger partial charge >= 0.3 is 0 Å². The number of hydrogen-bond acceptors (Lipinski definition) is 1. The lowest BCUT2D eigenvalue weighted by Crippen LogP contribution is -2.17. The fraction of sp³-hybridized carbons (Fsp3) is 1.00. The van der Waals surface area contributed by atoms with Crippen LogP contribution in [0, 0.1) is 0 Å². The third-order valence-electron chi connectivity index (χ3n) is 0.321. The number of hydrogen-bond donors (Lipinski definition) is 0. The maximum atomic E-state index is 5.20. The Hall–Kier alpha value is 0.500. The van der Waals surface area contributed by atoms with E-state index < -0.39 is 3.68 Å². The smallest absolute Gasteiger partial charge is 0.168 e. The van der Waals surface area contributed by atoms with Crippen molar-refractivity contribution >= 4 is 23.6 Å². The summed E-state index contributed by atoms with van der Waals surface area (Å²) in [7, 11) is 2.91. The van der Waals surface area contributed by atoms with Crippen LogP contribution in [-0.2, 0) is 4.84 Å². The average Bonchev–Trinajstić information content (AvgIpc) is 1.35. The lowest BCUT2D eigenvalue weighted by Gasteiger charge is -2.04. The van der Waals surface area contributed by atoms with Gasteiger partial charge in [-0.2, -0.15) is 4.84 Å². The van der Waals surface area contributed by atoms with Gasteiger partial charge in [0, 0.05) is 3.68 Å². The first kappa shape index (κ1) is 6.50. The Bertz CT molecular complexity index is 41.3. The molecule has 0 aromatic heterocycles. The van der Waals surface area contributed by atoms with Crippen LogP contribution in [0.1, 0.15) is 0 Å². The van der Waals surface area contributed by atoms with Crippen LogP contribution in [0.2, 0.25) is 0 Å². The topological polar surface area (TPSA) is 9.23 Å². The van der Waals surface area contributed by atoms with Crippen LogP contribution in [0.3, 0.4) is 0 Å². The molecule has 0 heterocycles. The van der Waals surface area contributed by atoms with Gasteiger partial charge in [-0.25, -0.2) is 0 Å². The minimum Gasteiger partial charge on any atom is -0.168 e. The van der Waals surface area contributed by atoms with E-state index in [9.17, 15) is 0 Å². The molecule has 0 spiro atoms. The van der Waals surface area contributed by atoms with Crippen molar-refractivity contribution in [1.29, 1.82) is 0 Å². The Morgan fingerprint density at radius 1 is 1.50 bits per heavy atom. The second kappa shape index (κ2) is 1.98. The molecule has 0 saturated carbocycles. The molecule has 0 bridgehead atoms. The summed E-state index contributed by atoms with van der Waals surface area (Å²) >= 11 is 10.4. The van der Waals surface area contributed by atoms with Crippen molar-refractivity contribution in [2.75, 3.05) is 14.2 Å². The van der Waals surface area contributed by atoms with Crippen molar-refractivity contribution < 1.29 is 8.52 Å². The summed E-state index contributed by atoms with van der Waals surface area (Å²) in [5.41, 5.74) is 0. The molecule has 2 nitrogen and oxygen atoms in total. The molecule has 0 unspecified atom stereocenters. The van der Waals surface area contributed by atoms with Crippen LogP contribution in [-0.4, -0.2) is 17.8 Å². The summed E-state index contributed by atoms with van der Waals surface area (Å²) in [6.45, 7) is 0. The van der Waals surface area contributed by atoms with Gasteiger partial charge in [-0.1, -0.05) is 0 Å². The van der Waals surface area contributed by atoms with E-state index in [1.54, 1.807) is 0 Å². The number of nitrogens with zero attached hydrogens (tertiary/aromatic N) is 1. The minimum absolute atomic E-state index is 0.486. The van der Waals surface area contributed by atoms with Gasteiger partial charge in [0.2, 0.25) is 23.6 Å². The first-order valence-electron chi connectivity index (χ1n) is 1.38. The van der Waals surface area contributed by atoms with Crippen molar-refractivity contribution in [2.45, 2.75) is 0 Å². The van der Waals surface area contributed by atoms with Crippen LogP contribution in [0.25, 0.3) is 0 Å². The fourth-order valence-electron chi connectivity index (χ4n) is 0. The predicted octanol–water partition coefficient (Wildman–Crippen LogP) is 1.30. The first-order valence-corrected chi connectivity index (χ1v) is 2.05. The maximum absolute atomic E-state index is 5.20. The van der Waals surface area contributed by atoms with Gasteiger partial charge in [-0.05, 0) is 0 Å². The van der Waals surface area contributed by atoms with Crippen molar-refractivity contribution in [3.05, 3.63) is 0 Å². The summed E-state index contributed by atoms with van der Waals surface area (Å²) in [6.07, 6.45) is 0. The van der Waals surface area contributed by atoms with Gasteiger partial charge in [-0.3, -0.25) is 0 Å². The van der Waals surface area contributed by atoms with Gasteiger partial charge in [-0.15, -0.1) is 0 Å². The maximum Gasteiger partial charge on any atom is 0.226 e. The largest absolute Gasteiger partial charge is 0.226 e. The van der Waals surface area contributed by atoms with Crippen LogP contribution < -0.4 is 0 Å². The summed E-state index contributed by atoms with van der Waals surface area (Å²) in [5, 5.41) is 0. The SMILES string of the molecule is CO[N+](C)(Cl)Cl. The van der Waals surface area contributed by atoms with Crippen molar-refractivity contribution in [1.82, 2.24) is 0 Å². The monoisotopic (exact) mass is 130 g/mol. The molecule has 0 rings (SSSR count). The third kappa shape index (κ3) is 4.50. The zero-order valence-electron chi connectivity index (χ0n) is 3.61. The summed E-state index contributed by atoms with van der Waals surface area (Å²) in [6, 6.07) is 0. The molecule has 0 aromatic rings. The van der Waals surface area contributed by atoms with E-state index >= 15 is 0 Å². The van der Waals surface area contributed by atoms with E-state index in [-0.39, 0.29) is 0 Å². The zero-order valence-corrected chi connectivity index (χ0v) is 5.12. The van der Waals surface area contributed by atoms with Crippen LogP contribution in [0.5, 0.6) is 0 Å². The molecule has 0 fully saturated rings. The number of rotatable bonds is 1. The molecule has 6 heavy (non-hydrogen) atoms. The third-order valence-corrected chi connectivity index (χ3v) is 0.597. The fourth-order valence-corrected chi connectivity index (χ4v) is 0. The van der Waals surface area contributed by atoms with E-state index in [1.807, 2.05) is 0 Å². The van der Waals surface area contributed by atoms with E-state index in [1.165, 1.54) is 14.2 Å². The average molecular weight is 131 g/mol. The highest BCUT2D eigenvalue weighted by Gasteiger charge is 2.13. The molecular formula is C2H6Cl2NO+. The Morgan fingerprint density at radius 2 is 1.67 bits per heavy atom. The van der Waals surface area contributed by atoms with Gasteiger partial charge in [0.1, 0.15) is 7.05 Å². The van der Waals surface area contributed by atoms with Gasteiger partial charge in [0.15, 0.2) is 0 Å². The number of halogens is 2. The highest BCUT2D eigenvalue weighted by molar-refractivity contribution is 6.22. The lowest BCUT2D eigenvalue weighted by atomic mass is 11.5.